The first-order valence-electron chi connectivity index (χ1n) is 7.15. The van der Waals surface area contributed by atoms with Crippen LogP contribution in [0.4, 0.5) is 0 Å². The molecule has 1 aromatic carbocycles. The predicted molar refractivity (Wildman–Crippen MR) is 75.6 cm³/mol. The first kappa shape index (κ1) is 14.1. The minimum atomic E-state index is -1.01. The maximum Gasteiger partial charge on any atom is 0.223 e. The van der Waals surface area contributed by atoms with Gasteiger partial charge in [0.25, 0.3) is 0 Å². The molecule has 1 amide bonds. The van der Waals surface area contributed by atoms with Gasteiger partial charge in [-0.2, -0.15) is 0 Å². The van der Waals surface area contributed by atoms with Gasteiger partial charge in [-0.05, 0) is 25.3 Å². The summed E-state index contributed by atoms with van der Waals surface area (Å²) >= 11 is 0. The van der Waals surface area contributed by atoms with Crippen molar-refractivity contribution in [3.8, 4) is 0 Å². The molecule has 3 nitrogen and oxygen atoms in total. The maximum absolute atomic E-state index is 12.1. The molecule has 1 aliphatic rings. The average Bonchev–Trinajstić information content (AvgIpc) is 2.47. The molecular formula is C16H23NO2. The first-order chi connectivity index (χ1) is 9.09. The topological polar surface area (TPSA) is 49.3 Å². The molecule has 1 atom stereocenters. The van der Waals surface area contributed by atoms with Crippen molar-refractivity contribution in [1.82, 2.24) is 5.32 Å². The number of hydrogen-bond donors (Lipinski definition) is 2. The third-order valence-electron chi connectivity index (χ3n) is 3.98. The van der Waals surface area contributed by atoms with Crippen molar-refractivity contribution >= 4 is 5.91 Å². The molecule has 2 rings (SSSR count). The Bertz CT molecular complexity index is 408. The fourth-order valence-electron chi connectivity index (χ4n) is 2.67. The van der Waals surface area contributed by atoms with Crippen molar-refractivity contribution < 1.29 is 9.90 Å². The van der Waals surface area contributed by atoms with Gasteiger partial charge in [-0.15, -0.1) is 0 Å². The lowest BCUT2D eigenvalue weighted by atomic mass is 9.88. The van der Waals surface area contributed by atoms with E-state index in [0.29, 0.717) is 0 Å². The van der Waals surface area contributed by atoms with Crippen molar-refractivity contribution in [3.05, 3.63) is 35.9 Å². The van der Waals surface area contributed by atoms with E-state index in [1.807, 2.05) is 30.3 Å². The zero-order chi connectivity index (χ0) is 13.7. The number of benzene rings is 1. The monoisotopic (exact) mass is 261 g/mol. The standard InChI is InChI=1S/C16H23NO2/c1-16(19,14-10-6-3-7-11-14)12-17-15(18)13-8-4-2-5-9-13/h3,6-7,10-11,13,19H,2,4-5,8-9,12H2,1H3,(H,17,18). The molecule has 1 aromatic rings. The van der Waals surface area contributed by atoms with E-state index in [4.69, 9.17) is 0 Å². The fraction of sp³-hybridized carbons (Fsp3) is 0.562. The molecule has 0 spiro atoms. The van der Waals surface area contributed by atoms with Crippen LogP contribution in [0, 0.1) is 5.92 Å². The minimum absolute atomic E-state index is 0.0934. The van der Waals surface area contributed by atoms with Crippen LogP contribution in [0.15, 0.2) is 30.3 Å². The Balaban J connectivity index is 1.88. The molecule has 1 aliphatic carbocycles. The van der Waals surface area contributed by atoms with Gasteiger partial charge in [0.05, 0.1) is 6.54 Å². The van der Waals surface area contributed by atoms with Crippen molar-refractivity contribution in [2.75, 3.05) is 6.54 Å². The summed E-state index contributed by atoms with van der Waals surface area (Å²) in [5.41, 5.74) is -0.176. The van der Waals surface area contributed by atoms with E-state index in [2.05, 4.69) is 5.32 Å². The highest BCUT2D eigenvalue weighted by Gasteiger charge is 2.26. The quantitative estimate of drug-likeness (QED) is 0.875. The Labute approximate surface area is 115 Å². The molecule has 0 aliphatic heterocycles. The first-order valence-corrected chi connectivity index (χ1v) is 7.15. The van der Waals surface area contributed by atoms with Crippen molar-refractivity contribution in [2.24, 2.45) is 5.92 Å². The van der Waals surface area contributed by atoms with Crippen LogP contribution in [0.3, 0.4) is 0 Å². The highest BCUT2D eigenvalue weighted by molar-refractivity contribution is 5.78. The van der Waals surface area contributed by atoms with E-state index in [1.165, 1.54) is 6.42 Å². The zero-order valence-corrected chi connectivity index (χ0v) is 11.6. The van der Waals surface area contributed by atoms with E-state index < -0.39 is 5.60 Å². The molecule has 0 saturated heterocycles. The molecule has 2 N–H and O–H groups in total. The Morgan fingerprint density at radius 1 is 1.26 bits per heavy atom. The zero-order valence-electron chi connectivity index (χ0n) is 11.6. The van der Waals surface area contributed by atoms with Crippen LogP contribution in [0.25, 0.3) is 0 Å². The Kier molecular flexibility index (Phi) is 4.59. The van der Waals surface area contributed by atoms with Gasteiger partial charge in [-0.1, -0.05) is 49.6 Å². The van der Waals surface area contributed by atoms with Crippen LogP contribution >= 0.6 is 0 Å². The third kappa shape index (κ3) is 3.80. The third-order valence-corrected chi connectivity index (χ3v) is 3.98. The number of aliphatic hydroxyl groups is 1. The van der Waals surface area contributed by atoms with Gasteiger partial charge in [0, 0.05) is 5.92 Å². The summed E-state index contributed by atoms with van der Waals surface area (Å²) in [5.74, 6) is 0.233. The fourth-order valence-corrected chi connectivity index (χ4v) is 2.67. The highest BCUT2D eigenvalue weighted by atomic mass is 16.3. The average molecular weight is 261 g/mol. The maximum atomic E-state index is 12.1. The molecule has 0 heterocycles. The molecule has 0 radical (unpaired) electrons. The van der Waals surface area contributed by atoms with Crippen LogP contribution in [-0.2, 0) is 10.4 Å². The van der Waals surface area contributed by atoms with E-state index in [1.54, 1.807) is 6.92 Å². The summed E-state index contributed by atoms with van der Waals surface area (Å²) in [6, 6.07) is 9.47. The Morgan fingerprint density at radius 3 is 2.53 bits per heavy atom. The van der Waals surface area contributed by atoms with Crippen LogP contribution < -0.4 is 5.32 Å². The lowest BCUT2D eigenvalue weighted by molar-refractivity contribution is -0.127. The summed E-state index contributed by atoms with van der Waals surface area (Å²) in [4.78, 5) is 12.1. The van der Waals surface area contributed by atoms with Crippen molar-refractivity contribution in [1.29, 1.82) is 0 Å². The minimum Gasteiger partial charge on any atom is -0.384 e. The van der Waals surface area contributed by atoms with Gasteiger partial charge in [-0.25, -0.2) is 0 Å². The second kappa shape index (κ2) is 6.20. The number of amides is 1. The number of hydrogen-bond acceptors (Lipinski definition) is 2. The van der Waals surface area contributed by atoms with Crippen LogP contribution in [-0.4, -0.2) is 17.6 Å². The smallest absolute Gasteiger partial charge is 0.223 e. The van der Waals surface area contributed by atoms with Crippen molar-refractivity contribution in [2.45, 2.75) is 44.6 Å². The highest BCUT2D eigenvalue weighted by Crippen LogP contribution is 2.24. The van der Waals surface area contributed by atoms with Crippen LogP contribution in [0.2, 0.25) is 0 Å². The summed E-state index contributed by atoms with van der Waals surface area (Å²) in [7, 11) is 0. The normalized spacial score (nSPS) is 19.7. The summed E-state index contributed by atoms with van der Waals surface area (Å²) in [5, 5.41) is 13.3. The molecule has 1 fully saturated rings. The molecule has 19 heavy (non-hydrogen) atoms. The summed E-state index contributed by atoms with van der Waals surface area (Å²) in [6.07, 6.45) is 5.50. The molecule has 1 unspecified atom stereocenters. The lowest BCUT2D eigenvalue weighted by Gasteiger charge is -2.27. The molecular weight excluding hydrogens is 238 g/mol. The lowest BCUT2D eigenvalue weighted by Crippen LogP contribution is -2.41. The summed E-state index contributed by atoms with van der Waals surface area (Å²) < 4.78 is 0. The summed E-state index contributed by atoms with van der Waals surface area (Å²) in [6.45, 7) is 2.01. The predicted octanol–water partition coefficient (Wildman–Crippen LogP) is 2.59. The van der Waals surface area contributed by atoms with E-state index in [0.717, 1.165) is 31.2 Å². The number of rotatable bonds is 4. The van der Waals surface area contributed by atoms with Gasteiger partial charge in [0.2, 0.25) is 5.91 Å². The molecule has 3 heteroatoms. The van der Waals surface area contributed by atoms with Crippen LogP contribution in [0.1, 0.15) is 44.6 Å². The molecule has 1 saturated carbocycles. The second-order valence-electron chi connectivity index (χ2n) is 5.69. The number of nitrogens with one attached hydrogen (secondary N) is 1. The van der Waals surface area contributed by atoms with E-state index in [9.17, 15) is 9.90 Å². The molecule has 0 bridgehead atoms. The SMILES string of the molecule is CC(O)(CNC(=O)C1CCCCC1)c1ccccc1. The van der Waals surface area contributed by atoms with Gasteiger partial charge < -0.3 is 10.4 Å². The Hall–Kier alpha value is -1.35. The second-order valence-corrected chi connectivity index (χ2v) is 5.69. The van der Waals surface area contributed by atoms with Gasteiger partial charge >= 0.3 is 0 Å². The molecule has 104 valence electrons. The van der Waals surface area contributed by atoms with Gasteiger partial charge in [-0.3, -0.25) is 4.79 Å². The largest absolute Gasteiger partial charge is 0.384 e. The van der Waals surface area contributed by atoms with E-state index in [-0.39, 0.29) is 18.4 Å². The van der Waals surface area contributed by atoms with Crippen molar-refractivity contribution in [3.63, 3.8) is 0 Å². The van der Waals surface area contributed by atoms with Crippen LogP contribution in [0.5, 0.6) is 0 Å². The van der Waals surface area contributed by atoms with Gasteiger partial charge in [0.15, 0.2) is 0 Å². The number of carbonyl (C=O) groups is 1. The van der Waals surface area contributed by atoms with E-state index >= 15 is 0 Å². The number of carbonyl (C=O) groups excluding carboxylic acids is 1. The Morgan fingerprint density at radius 2 is 1.89 bits per heavy atom. The molecule has 0 aromatic heterocycles. The van der Waals surface area contributed by atoms with Gasteiger partial charge in [0.1, 0.15) is 5.60 Å².